The van der Waals surface area contributed by atoms with Gasteiger partial charge in [0, 0.05) is 21.9 Å². The number of thiophene rings is 1. The van der Waals surface area contributed by atoms with Gasteiger partial charge in [-0.1, -0.05) is 18.5 Å². The summed E-state index contributed by atoms with van der Waals surface area (Å²) in [5.41, 5.74) is 6.02. The Hall–Kier alpha value is 0.350. The molecule has 1 fully saturated rings. The summed E-state index contributed by atoms with van der Waals surface area (Å²) in [6.45, 7) is 6.41. The van der Waals surface area contributed by atoms with Crippen molar-refractivity contribution in [2.45, 2.75) is 31.8 Å². The SMILES string of the molecule is CCN1CCC(N(C)C(CN)c2cc(Br)c(Cl)s2)CC1. The first-order valence-corrected chi connectivity index (χ1v) is 9.14. The summed E-state index contributed by atoms with van der Waals surface area (Å²) in [7, 11) is 2.20. The lowest BCUT2D eigenvalue weighted by Gasteiger charge is -2.39. The highest BCUT2D eigenvalue weighted by Gasteiger charge is 2.28. The molecule has 3 nitrogen and oxygen atoms in total. The van der Waals surface area contributed by atoms with Gasteiger partial charge < -0.3 is 10.6 Å². The van der Waals surface area contributed by atoms with Crippen molar-refractivity contribution in [2.24, 2.45) is 5.73 Å². The number of hydrogen-bond acceptors (Lipinski definition) is 4. The van der Waals surface area contributed by atoms with Crippen LogP contribution in [-0.2, 0) is 0 Å². The van der Waals surface area contributed by atoms with E-state index in [1.807, 2.05) is 0 Å². The van der Waals surface area contributed by atoms with Gasteiger partial charge >= 0.3 is 0 Å². The van der Waals surface area contributed by atoms with Crippen molar-refractivity contribution in [3.8, 4) is 0 Å². The molecule has 2 heterocycles. The number of halogens is 2. The van der Waals surface area contributed by atoms with E-state index in [1.165, 1.54) is 30.8 Å². The maximum absolute atomic E-state index is 6.16. The van der Waals surface area contributed by atoms with E-state index in [0.29, 0.717) is 12.6 Å². The molecule has 0 aromatic carbocycles. The molecule has 0 spiro atoms. The average molecular weight is 381 g/mol. The Morgan fingerprint density at radius 1 is 1.55 bits per heavy atom. The van der Waals surface area contributed by atoms with E-state index in [0.717, 1.165) is 15.4 Å². The van der Waals surface area contributed by atoms with E-state index in [4.69, 9.17) is 17.3 Å². The number of piperidine rings is 1. The van der Waals surface area contributed by atoms with Crippen LogP contribution in [0.2, 0.25) is 4.34 Å². The minimum Gasteiger partial charge on any atom is -0.329 e. The molecule has 0 amide bonds. The molecule has 0 saturated carbocycles. The van der Waals surface area contributed by atoms with Crippen LogP contribution in [0.5, 0.6) is 0 Å². The highest BCUT2D eigenvalue weighted by atomic mass is 79.9. The first kappa shape index (κ1) is 16.7. The van der Waals surface area contributed by atoms with Gasteiger partial charge in [0.15, 0.2) is 0 Å². The predicted octanol–water partition coefficient (Wildman–Crippen LogP) is 3.58. The normalized spacial score (nSPS) is 19.7. The summed E-state index contributed by atoms with van der Waals surface area (Å²) in [6, 6.07) is 3.00. The van der Waals surface area contributed by atoms with Gasteiger partial charge in [0.25, 0.3) is 0 Å². The van der Waals surface area contributed by atoms with Gasteiger partial charge in [-0.25, -0.2) is 0 Å². The fourth-order valence-corrected chi connectivity index (χ4v) is 4.81. The van der Waals surface area contributed by atoms with Gasteiger partial charge in [-0.05, 0) is 61.5 Å². The monoisotopic (exact) mass is 379 g/mol. The zero-order valence-corrected chi connectivity index (χ0v) is 15.3. The maximum Gasteiger partial charge on any atom is 0.107 e. The lowest BCUT2D eigenvalue weighted by molar-refractivity contribution is 0.102. The lowest BCUT2D eigenvalue weighted by Crippen LogP contribution is -2.45. The number of rotatable bonds is 5. The fourth-order valence-electron chi connectivity index (χ4n) is 2.91. The Labute approximate surface area is 139 Å². The first-order chi connectivity index (χ1) is 9.56. The number of likely N-dealkylation sites (tertiary alicyclic amines) is 1. The third-order valence-electron chi connectivity index (χ3n) is 4.29. The van der Waals surface area contributed by atoms with Crippen LogP contribution < -0.4 is 5.73 Å². The molecular formula is C14H23BrClN3S. The summed E-state index contributed by atoms with van der Waals surface area (Å²) in [6.07, 6.45) is 2.45. The summed E-state index contributed by atoms with van der Waals surface area (Å²) in [4.78, 5) is 6.21. The van der Waals surface area contributed by atoms with Crippen LogP contribution >= 0.6 is 38.9 Å². The van der Waals surface area contributed by atoms with Crippen molar-refractivity contribution in [3.63, 3.8) is 0 Å². The standard InChI is InChI=1S/C14H23BrClN3S/c1-3-19-6-4-10(5-7-19)18(2)12(9-17)13-8-11(15)14(16)20-13/h8,10,12H,3-7,9,17H2,1-2H3. The second-order valence-electron chi connectivity index (χ2n) is 5.35. The third-order valence-corrected chi connectivity index (χ3v) is 6.86. The van der Waals surface area contributed by atoms with Gasteiger partial charge in [0.05, 0.1) is 6.04 Å². The Bertz CT molecular complexity index is 413. The molecule has 1 unspecified atom stereocenters. The molecule has 1 aliphatic heterocycles. The largest absolute Gasteiger partial charge is 0.329 e. The summed E-state index contributed by atoms with van der Waals surface area (Å²) in [5.74, 6) is 0. The average Bonchev–Trinajstić information content (AvgIpc) is 2.79. The van der Waals surface area contributed by atoms with Gasteiger partial charge in [-0.15, -0.1) is 11.3 Å². The van der Waals surface area contributed by atoms with Gasteiger partial charge in [-0.2, -0.15) is 0 Å². The molecule has 0 bridgehead atoms. The van der Waals surface area contributed by atoms with Crippen molar-refractivity contribution in [2.75, 3.05) is 33.2 Å². The van der Waals surface area contributed by atoms with Crippen LogP contribution in [0.1, 0.15) is 30.7 Å². The molecule has 2 N–H and O–H groups in total. The van der Waals surface area contributed by atoms with Crippen LogP contribution in [0, 0.1) is 0 Å². The predicted molar refractivity (Wildman–Crippen MR) is 91.7 cm³/mol. The number of hydrogen-bond donors (Lipinski definition) is 1. The highest BCUT2D eigenvalue weighted by Crippen LogP contribution is 2.37. The summed E-state index contributed by atoms with van der Waals surface area (Å²) < 4.78 is 1.79. The zero-order valence-electron chi connectivity index (χ0n) is 12.1. The molecule has 114 valence electrons. The van der Waals surface area contributed by atoms with Crippen molar-refractivity contribution in [1.82, 2.24) is 9.80 Å². The van der Waals surface area contributed by atoms with Crippen LogP contribution in [0.25, 0.3) is 0 Å². The van der Waals surface area contributed by atoms with Crippen molar-refractivity contribution in [3.05, 3.63) is 19.8 Å². The molecule has 1 saturated heterocycles. The molecule has 1 aromatic heterocycles. The second kappa shape index (κ2) is 7.56. The van der Waals surface area contributed by atoms with E-state index in [1.54, 1.807) is 11.3 Å². The zero-order chi connectivity index (χ0) is 14.7. The van der Waals surface area contributed by atoms with E-state index in [-0.39, 0.29) is 6.04 Å². The number of nitrogens with two attached hydrogens (primary N) is 1. The molecule has 20 heavy (non-hydrogen) atoms. The Morgan fingerprint density at radius 3 is 2.65 bits per heavy atom. The molecule has 6 heteroatoms. The van der Waals surface area contributed by atoms with E-state index in [9.17, 15) is 0 Å². The second-order valence-corrected chi connectivity index (χ2v) is 7.89. The van der Waals surface area contributed by atoms with Gasteiger partial charge in [-0.3, -0.25) is 4.90 Å². The van der Waals surface area contributed by atoms with E-state index < -0.39 is 0 Å². The van der Waals surface area contributed by atoms with Crippen LogP contribution in [-0.4, -0.2) is 49.1 Å². The smallest absolute Gasteiger partial charge is 0.107 e. The minimum absolute atomic E-state index is 0.266. The molecule has 0 radical (unpaired) electrons. The van der Waals surface area contributed by atoms with E-state index >= 15 is 0 Å². The Balaban J connectivity index is 2.04. The van der Waals surface area contributed by atoms with Crippen LogP contribution in [0.4, 0.5) is 0 Å². The fraction of sp³-hybridized carbons (Fsp3) is 0.714. The van der Waals surface area contributed by atoms with Gasteiger partial charge in [0.2, 0.25) is 0 Å². The molecule has 1 aliphatic rings. The molecule has 1 aromatic rings. The Kier molecular flexibility index (Phi) is 6.32. The maximum atomic E-state index is 6.16. The Morgan fingerprint density at radius 2 is 2.20 bits per heavy atom. The van der Waals surface area contributed by atoms with Crippen LogP contribution in [0.15, 0.2) is 10.5 Å². The quantitative estimate of drug-likeness (QED) is 0.847. The summed E-state index contributed by atoms with van der Waals surface area (Å²) in [5, 5.41) is 0. The molecule has 0 aliphatic carbocycles. The topological polar surface area (TPSA) is 32.5 Å². The van der Waals surface area contributed by atoms with Crippen LogP contribution in [0.3, 0.4) is 0 Å². The van der Waals surface area contributed by atoms with Crippen molar-refractivity contribution in [1.29, 1.82) is 0 Å². The van der Waals surface area contributed by atoms with E-state index in [2.05, 4.69) is 45.8 Å². The first-order valence-electron chi connectivity index (χ1n) is 7.15. The van der Waals surface area contributed by atoms with Crippen molar-refractivity contribution >= 4 is 38.9 Å². The highest BCUT2D eigenvalue weighted by molar-refractivity contribution is 9.10. The molecule has 2 rings (SSSR count). The minimum atomic E-state index is 0.266. The lowest BCUT2D eigenvalue weighted by atomic mass is 10.0. The number of nitrogens with zero attached hydrogens (tertiary/aromatic N) is 2. The molecular weight excluding hydrogens is 358 g/mol. The molecule has 1 atom stereocenters. The summed E-state index contributed by atoms with van der Waals surface area (Å²) >= 11 is 11.3. The van der Waals surface area contributed by atoms with Gasteiger partial charge in [0.1, 0.15) is 4.34 Å². The van der Waals surface area contributed by atoms with Crippen molar-refractivity contribution < 1.29 is 0 Å². The third kappa shape index (κ3) is 3.76. The number of likely N-dealkylation sites (N-methyl/N-ethyl adjacent to an activating group) is 1.